The van der Waals surface area contributed by atoms with Crippen LogP contribution in [0.4, 0.5) is 34.1 Å². The summed E-state index contributed by atoms with van der Waals surface area (Å²) in [5.74, 6) is 1.46. The first-order valence-corrected chi connectivity index (χ1v) is 19.5. The molecule has 0 aromatic heterocycles. The Labute approximate surface area is 313 Å². The van der Waals surface area contributed by atoms with Crippen LogP contribution in [-0.4, -0.2) is 0 Å². The molecular formula is C46H40Br2N2. The van der Waals surface area contributed by atoms with Gasteiger partial charge in [-0.15, -0.1) is 0 Å². The fourth-order valence-corrected chi connectivity index (χ4v) is 9.59. The molecule has 6 aromatic carbocycles. The minimum absolute atomic E-state index is 0.566. The fourth-order valence-electron chi connectivity index (χ4n) is 9.06. The summed E-state index contributed by atoms with van der Waals surface area (Å²) < 4.78 is 2.13. The molecule has 2 bridgehead atoms. The topological polar surface area (TPSA) is 6.48 Å². The number of halogens is 2. The van der Waals surface area contributed by atoms with Gasteiger partial charge < -0.3 is 9.80 Å². The predicted octanol–water partition coefficient (Wildman–Crippen LogP) is 14.6. The van der Waals surface area contributed by atoms with E-state index in [-0.39, 0.29) is 0 Å². The van der Waals surface area contributed by atoms with Crippen molar-refractivity contribution < 1.29 is 0 Å². The molecule has 2 nitrogen and oxygen atoms in total. The highest BCUT2D eigenvalue weighted by atomic mass is 79.9. The van der Waals surface area contributed by atoms with Crippen LogP contribution in [-0.2, 0) is 0 Å². The van der Waals surface area contributed by atoms with E-state index in [0.29, 0.717) is 5.41 Å². The molecule has 0 heterocycles. The van der Waals surface area contributed by atoms with Gasteiger partial charge in [-0.25, -0.2) is 0 Å². The van der Waals surface area contributed by atoms with Crippen molar-refractivity contribution in [1.82, 2.24) is 0 Å². The van der Waals surface area contributed by atoms with Crippen molar-refractivity contribution in [2.24, 2.45) is 5.41 Å². The van der Waals surface area contributed by atoms with E-state index in [1.54, 1.807) is 11.1 Å². The third-order valence-electron chi connectivity index (χ3n) is 11.7. The Kier molecular flexibility index (Phi) is 8.01. The van der Waals surface area contributed by atoms with E-state index in [2.05, 4.69) is 189 Å². The summed E-state index contributed by atoms with van der Waals surface area (Å²) in [4.78, 5) is 4.79. The molecule has 9 rings (SSSR count). The molecule has 3 aliphatic rings. The first-order valence-electron chi connectivity index (χ1n) is 17.9. The van der Waals surface area contributed by atoms with Crippen LogP contribution in [0.1, 0.15) is 66.2 Å². The first kappa shape index (κ1) is 31.8. The largest absolute Gasteiger partial charge is 0.310 e. The van der Waals surface area contributed by atoms with Gasteiger partial charge in [-0.3, -0.25) is 0 Å². The summed E-state index contributed by atoms with van der Waals surface area (Å²) in [7, 11) is 0. The smallest absolute Gasteiger partial charge is 0.0488 e. The van der Waals surface area contributed by atoms with Crippen LogP contribution in [0.2, 0.25) is 0 Å². The Morgan fingerprint density at radius 1 is 0.480 bits per heavy atom. The average Bonchev–Trinajstić information content (AvgIpc) is 3.56. The molecule has 4 heteroatoms. The first-order chi connectivity index (χ1) is 24.3. The lowest BCUT2D eigenvalue weighted by Gasteiger charge is -2.51. The van der Waals surface area contributed by atoms with Gasteiger partial charge in [0.25, 0.3) is 0 Å². The molecule has 2 fully saturated rings. The fraction of sp³-hybridized carbons (Fsp3) is 0.217. The number of nitrogens with zero attached hydrogens (tertiary/aromatic N) is 2. The standard InChI is InChI=1S/C46H40Br2N2/c1-30-3-12-37(13-4-30)49(38-14-5-31(2)6-15-38)41-25-34(32-7-20-43-33-21-23-46(29-33)24-22-45(46)44(43)27-32)26-42(28-41)50(39-16-8-35(47)9-17-39)40-18-10-36(48)11-19-40/h3-20,25-28,33,45H,21-24,29H2,1-2H3. The molecule has 0 N–H and O–H groups in total. The Bertz CT molecular complexity index is 1980. The van der Waals surface area contributed by atoms with E-state index < -0.39 is 0 Å². The molecule has 0 amide bonds. The summed E-state index contributed by atoms with van der Waals surface area (Å²) in [5, 5.41) is 0. The molecule has 0 aliphatic heterocycles. The molecular weight excluding hydrogens is 740 g/mol. The number of fused-ring (bicyclic) bond motifs is 4. The summed E-state index contributed by atoms with van der Waals surface area (Å²) >= 11 is 7.35. The lowest BCUT2D eigenvalue weighted by Crippen LogP contribution is -2.38. The lowest BCUT2D eigenvalue weighted by molar-refractivity contribution is 0.0879. The van der Waals surface area contributed by atoms with Crippen molar-refractivity contribution >= 4 is 66.0 Å². The minimum atomic E-state index is 0.566. The number of benzene rings is 6. The van der Waals surface area contributed by atoms with Crippen LogP contribution in [0.15, 0.2) is 142 Å². The van der Waals surface area contributed by atoms with Crippen LogP contribution in [0, 0.1) is 19.3 Å². The normalized spacial score (nSPS) is 20.1. The third-order valence-corrected chi connectivity index (χ3v) is 12.8. The van der Waals surface area contributed by atoms with Gasteiger partial charge in [-0.05, 0) is 176 Å². The predicted molar refractivity (Wildman–Crippen MR) is 217 cm³/mol. The Morgan fingerprint density at radius 3 is 1.44 bits per heavy atom. The van der Waals surface area contributed by atoms with Crippen LogP contribution >= 0.6 is 31.9 Å². The molecule has 0 radical (unpaired) electrons. The van der Waals surface area contributed by atoms with Crippen molar-refractivity contribution in [2.45, 2.75) is 57.8 Å². The van der Waals surface area contributed by atoms with Crippen molar-refractivity contribution in [3.8, 4) is 11.1 Å². The van der Waals surface area contributed by atoms with Gasteiger partial charge in [0.05, 0.1) is 0 Å². The molecule has 1 spiro atoms. The number of aryl methyl sites for hydroxylation is 2. The van der Waals surface area contributed by atoms with Gasteiger partial charge in [0.1, 0.15) is 0 Å². The van der Waals surface area contributed by atoms with Gasteiger partial charge in [-0.1, -0.05) is 85.5 Å². The maximum absolute atomic E-state index is 3.68. The average molecular weight is 781 g/mol. The van der Waals surface area contributed by atoms with E-state index in [4.69, 9.17) is 0 Å². The number of rotatable bonds is 7. The maximum atomic E-state index is 3.68. The highest BCUT2D eigenvalue weighted by Gasteiger charge is 2.55. The molecule has 3 aliphatic carbocycles. The van der Waals surface area contributed by atoms with Gasteiger partial charge in [-0.2, -0.15) is 0 Å². The SMILES string of the molecule is Cc1ccc(N(c2ccc(C)cc2)c2cc(-c3ccc4c(c3)C3CCC35CCC4C5)cc(N(c3ccc(Br)cc3)c3ccc(Br)cc3)c2)cc1. The third kappa shape index (κ3) is 5.61. The van der Waals surface area contributed by atoms with Crippen LogP contribution in [0.5, 0.6) is 0 Å². The van der Waals surface area contributed by atoms with Crippen molar-refractivity contribution in [3.63, 3.8) is 0 Å². The monoisotopic (exact) mass is 778 g/mol. The van der Waals surface area contributed by atoms with Gasteiger partial charge in [0.2, 0.25) is 0 Å². The second kappa shape index (κ2) is 12.6. The van der Waals surface area contributed by atoms with E-state index >= 15 is 0 Å². The Hall–Kier alpha value is -4.12. The zero-order valence-electron chi connectivity index (χ0n) is 28.5. The molecule has 0 saturated heterocycles. The highest BCUT2D eigenvalue weighted by molar-refractivity contribution is 9.10. The highest BCUT2D eigenvalue weighted by Crippen LogP contribution is 2.69. The second-order valence-electron chi connectivity index (χ2n) is 14.8. The second-order valence-corrected chi connectivity index (χ2v) is 16.6. The van der Waals surface area contributed by atoms with Crippen molar-refractivity contribution in [1.29, 1.82) is 0 Å². The quantitative estimate of drug-likeness (QED) is 0.159. The van der Waals surface area contributed by atoms with Crippen molar-refractivity contribution in [3.05, 3.63) is 165 Å². The van der Waals surface area contributed by atoms with Gasteiger partial charge in [0.15, 0.2) is 0 Å². The molecule has 3 atom stereocenters. The van der Waals surface area contributed by atoms with E-state index in [1.807, 2.05) is 0 Å². The minimum Gasteiger partial charge on any atom is -0.310 e. The van der Waals surface area contributed by atoms with Gasteiger partial charge in [0, 0.05) is 43.1 Å². The molecule has 3 unspecified atom stereocenters. The summed E-state index contributed by atoms with van der Waals surface area (Å²) in [6, 6.07) is 49.7. The molecule has 6 aromatic rings. The Balaban J connectivity index is 1.27. The Morgan fingerprint density at radius 2 is 0.960 bits per heavy atom. The zero-order valence-corrected chi connectivity index (χ0v) is 31.7. The lowest BCUT2D eigenvalue weighted by atomic mass is 9.53. The summed E-state index contributed by atoms with van der Waals surface area (Å²) in [6.07, 6.45) is 6.92. The van der Waals surface area contributed by atoms with Crippen LogP contribution in [0.25, 0.3) is 11.1 Å². The van der Waals surface area contributed by atoms with E-state index in [9.17, 15) is 0 Å². The maximum Gasteiger partial charge on any atom is 0.0488 e. The molecule has 248 valence electrons. The van der Waals surface area contributed by atoms with E-state index in [0.717, 1.165) is 54.9 Å². The zero-order chi connectivity index (χ0) is 34.0. The van der Waals surface area contributed by atoms with Crippen LogP contribution in [0.3, 0.4) is 0 Å². The van der Waals surface area contributed by atoms with Crippen LogP contribution < -0.4 is 9.80 Å². The summed E-state index contributed by atoms with van der Waals surface area (Å²) in [6.45, 7) is 4.31. The van der Waals surface area contributed by atoms with Gasteiger partial charge >= 0.3 is 0 Å². The summed E-state index contributed by atoms with van der Waals surface area (Å²) in [5.41, 5.74) is 15.6. The molecule has 50 heavy (non-hydrogen) atoms. The number of anilines is 6. The number of hydrogen-bond acceptors (Lipinski definition) is 2. The van der Waals surface area contributed by atoms with E-state index in [1.165, 1.54) is 54.4 Å². The molecule has 2 saturated carbocycles. The van der Waals surface area contributed by atoms with Crippen molar-refractivity contribution in [2.75, 3.05) is 9.80 Å². The number of hydrogen-bond donors (Lipinski definition) is 0.